The van der Waals surface area contributed by atoms with E-state index in [2.05, 4.69) is 5.09 Å². The Hall–Kier alpha value is 0.638. The Balaban J connectivity index is 0.00000392. The Morgan fingerprint density at radius 3 is 2.46 bits per heavy atom. The van der Waals surface area contributed by atoms with Gasteiger partial charge in [-0.25, -0.2) is 0 Å². The van der Waals surface area contributed by atoms with Crippen LogP contribution in [0.4, 0.5) is 0 Å². The van der Waals surface area contributed by atoms with Gasteiger partial charge in [0.25, 0.3) is 0 Å². The Kier molecular flexibility index (Phi) is 11.3. The maximum atomic E-state index is 12.4. The minimum absolute atomic E-state index is 0. The molecule has 0 saturated carbocycles. The normalized spacial score (nSPS) is 33.4. The molecule has 2 fully saturated rings. The average Bonchev–Trinajstić information content (AvgIpc) is 3.04. The van der Waals surface area contributed by atoms with Crippen molar-refractivity contribution < 1.29 is 54.0 Å². The van der Waals surface area contributed by atoms with Crippen molar-refractivity contribution in [2.24, 2.45) is 0 Å². The third-order valence-corrected chi connectivity index (χ3v) is 5.50. The van der Waals surface area contributed by atoms with Crippen molar-refractivity contribution in [1.82, 2.24) is 5.09 Å². The molecule has 2 saturated heterocycles. The van der Waals surface area contributed by atoms with Gasteiger partial charge in [0.05, 0.1) is 24.4 Å². The number of ether oxygens (including phenoxy) is 4. The fourth-order valence-electron chi connectivity index (χ4n) is 3.29. The summed E-state index contributed by atoms with van der Waals surface area (Å²) in [7, 11) is -4.28. The predicted octanol–water partition coefficient (Wildman–Crippen LogP) is 2.16. The molecule has 0 aliphatic carbocycles. The summed E-state index contributed by atoms with van der Waals surface area (Å²) >= 11 is 0. The number of hydrogen-bond acceptors (Lipinski definition) is 7. The fourth-order valence-corrected chi connectivity index (χ4v) is 4.31. The van der Waals surface area contributed by atoms with Gasteiger partial charge in [-0.15, -0.1) is 6.10 Å². The maximum Gasteiger partial charge on any atom is 0.202 e. The van der Waals surface area contributed by atoms with E-state index in [1.54, 1.807) is 0 Å². The molecular formula is C18H34NO7PW-2. The minimum atomic E-state index is -4.28. The summed E-state index contributed by atoms with van der Waals surface area (Å²) in [6.07, 6.45) is 0.623. The second-order valence-electron chi connectivity index (χ2n) is 7.89. The van der Waals surface area contributed by atoms with Crippen molar-refractivity contribution in [2.75, 3.05) is 13.2 Å². The van der Waals surface area contributed by atoms with Gasteiger partial charge in [0.1, 0.15) is 0 Å². The van der Waals surface area contributed by atoms with E-state index < -0.39 is 13.9 Å². The first kappa shape index (κ1) is 26.7. The van der Waals surface area contributed by atoms with Gasteiger partial charge < -0.3 is 28.4 Å². The van der Waals surface area contributed by atoms with Crippen LogP contribution in [-0.4, -0.2) is 55.9 Å². The smallest absolute Gasteiger partial charge is 0.202 e. The van der Waals surface area contributed by atoms with Crippen LogP contribution in [0, 0.1) is 6.10 Å². The molecule has 0 aromatic carbocycles. The summed E-state index contributed by atoms with van der Waals surface area (Å²) in [6, 6.07) is 0. The third kappa shape index (κ3) is 8.79. The zero-order valence-corrected chi connectivity index (χ0v) is 21.4. The van der Waals surface area contributed by atoms with Crippen LogP contribution in [0.15, 0.2) is 0 Å². The molecule has 2 rings (SSSR count). The molecule has 0 aromatic heterocycles. The second-order valence-corrected chi connectivity index (χ2v) is 9.41. The summed E-state index contributed by atoms with van der Waals surface area (Å²) in [4.78, 5) is 12.4. The van der Waals surface area contributed by atoms with Gasteiger partial charge >= 0.3 is 0 Å². The number of rotatable bonds is 10. The van der Waals surface area contributed by atoms with E-state index in [4.69, 9.17) is 23.5 Å². The molecule has 2 heterocycles. The minimum Gasteiger partial charge on any atom is -0.766 e. The summed E-state index contributed by atoms with van der Waals surface area (Å²) in [5.74, 6) is 0. The molecule has 1 N–H and O–H groups in total. The summed E-state index contributed by atoms with van der Waals surface area (Å²) in [6.45, 7) is 11.9. The van der Waals surface area contributed by atoms with Crippen LogP contribution in [0.5, 0.6) is 0 Å². The van der Waals surface area contributed by atoms with Gasteiger partial charge in [0, 0.05) is 46.2 Å². The topological polar surface area (TPSA) is 98.3 Å². The largest absolute Gasteiger partial charge is 0.766 e. The quantitative estimate of drug-likeness (QED) is 0.305. The van der Waals surface area contributed by atoms with Crippen LogP contribution in [0.1, 0.15) is 54.4 Å². The van der Waals surface area contributed by atoms with E-state index in [1.807, 2.05) is 41.5 Å². The summed E-state index contributed by atoms with van der Waals surface area (Å²) in [5.41, 5.74) is 0. The van der Waals surface area contributed by atoms with Crippen LogP contribution >= 0.6 is 7.75 Å². The first-order valence-corrected chi connectivity index (χ1v) is 11.3. The molecule has 0 radical (unpaired) electrons. The van der Waals surface area contributed by atoms with Crippen LogP contribution in [-0.2, 0) is 49.1 Å². The third-order valence-electron chi connectivity index (χ3n) is 4.40. The standard InChI is InChI=1S/C18H35NO7P.W/c1-11(2)22-10-18-16(8-14(6)25-18)26-27(20,21)19-9-17-15(23-12(3)4)7-13(5)24-17;/h11-17H,7-10H2,1-6H3,(H2,19,20,21);/q-1;/p-1/t13-,14-,15+,16+,17+;/m0./s1. The van der Waals surface area contributed by atoms with E-state index in [1.165, 1.54) is 0 Å². The Bertz CT molecular complexity index is 510. The zero-order valence-electron chi connectivity index (χ0n) is 17.6. The Morgan fingerprint density at radius 2 is 1.86 bits per heavy atom. The van der Waals surface area contributed by atoms with Crippen LogP contribution in [0.2, 0.25) is 0 Å². The monoisotopic (exact) mass is 591 g/mol. The first-order chi connectivity index (χ1) is 12.6. The molecule has 6 atom stereocenters. The van der Waals surface area contributed by atoms with Gasteiger partial charge in [-0.2, -0.15) is 0 Å². The molecule has 2 aliphatic heterocycles. The fraction of sp³-hybridized carbons (Fsp3) is 0.944. The van der Waals surface area contributed by atoms with E-state index in [0.29, 0.717) is 12.5 Å². The average molecular weight is 591 g/mol. The number of hydrogen-bond donors (Lipinski definition) is 1. The Morgan fingerprint density at radius 1 is 1.18 bits per heavy atom. The van der Waals surface area contributed by atoms with Crippen molar-refractivity contribution in [1.29, 1.82) is 0 Å². The molecule has 0 amide bonds. The molecule has 0 bridgehead atoms. The van der Waals surface area contributed by atoms with Gasteiger partial charge in [0.15, 0.2) is 0 Å². The first-order valence-electron chi connectivity index (χ1n) is 9.75. The molecule has 10 heteroatoms. The molecular weight excluding hydrogens is 557 g/mol. The van der Waals surface area contributed by atoms with E-state index in [9.17, 15) is 9.46 Å². The molecule has 2 aliphatic rings. The van der Waals surface area contributed by atoms with E-state index >= 15 is 0 Å². The van der Waals surface area contributed by atoms with Crippen LogP contribution < -0.4 is 9.98 Å². The van der Waals surface area contributed by atoms with Gasteiger partial charge in [0.2, 0.25) is 7.75 Å². The van der Waals surface area contributed by atoms with Gasteiger partial charge in [-0.3, -0.25) is 9.65 Å². The molecule has 1 unspecified atom stereocenters. The number of nitrogens with one attached hydrogen (secondary N) is 1. The van der Waals surface area contributed by atoms with Gasteiger partial charge in [-0.1, -0.05) is 0 Å². The molecule has 28 heavy (non-hydrogen) atoms. The summed E-state index contributed by atoms with van der Waals surface area (Å²) < 4.78 is 40.6. The van der Waals surface area contributed by atoms with Crippen molar-refractivity contribution in [3.05, 3.63) is 6.10 Å². The zero-order chi connectivity index (χ0) is 20.2. The maximum absolute atomic E-state index is 12.4. The van der Waals surface area contributed by atoms with E-state index in [-0.39, 0.29) is 70.8 Å². The van der Waals surface area contributed by atoms with Crippen molar-refractivity contribution in [3.63, 3.8) is 0 Å². The van der Waals surface area contributed by atoms with Crippen molar-refractivity contribution in [3.8, 4) is 0 Å². The van der Waals surface area contributed by atoms with Crippen molar-refractivity contribution in [2.45, 2.75) is 97.1 Å². The van der Waals surface area contributed by atoms with Gasteiger partial charge in [-0.05, 0) is 60.7 Å². The molecule has 166 valence electrons. The Labute approximate surface area is 183 Å². The van der Waals surface area contributed by atoms with Crippen molar-refractivity contribution >= 4 is 7.75 Å². The van der Waals surface area contributed by atoms with E-state index in [0.717, 1.165) is 6.42 Å². The second kappa shape index (κ2) is 11.9. The van der Waals surface area contributed by atoms with Crippen LogP contribution in [0.25, 0.3) is 0 Å². The summed E-state index contributed by atoms with van der Waals surface area (Å²) in [5, 5.41) is 2.51. The molecule has 8 nitrogen and oxygen atoms in total. The SMILES string of the molecule is CC(C)OC[C-]1O[C@@H](C)C[C@H]1OP(=O)([O-])NC[C@H]1O[C@@H](C)C[C@H]1OC(C)C.[W]. The molecule has 0 spiro atoms. The van der Waals surface area contributed by atoms with Crippen LogP contribution in [0.3, 0.4) is 0 Å². The molecule has 0 aromatic rings. The predicted molar refractivity (Wildman–Crippen MR) is 98.9 cm³/mol.